The van der Waals surface area contributed by atoms with E-state index in [1.54, 1.807) is 0 Å². The Morgan fingerprint density at radius 3 is 1.78 bits per heavy atom. The average molecular weight is 292 g/mol. The zero-order chi connectivity index (χ0) is 14.2. The van der Waals surface area contributed by atoms with E-state index in [2.05, 4.69) is 52.0 Å². The van der Waals surface area contributed by atoms with Gasteiger partial charge in [-0.1, -0.05) is 26.6 Å². The summed E-state index contributed by atoms with van der Waals surface area (Å²) >= 11 is 0. The highest BCUT2D eigenvalue weighted by atomic mass is 28.4. The largest absolute Gasteiger partial charge is 0.394 e. The van der Waals surface area contributed by atoms with Crippen LogP contribution in [-0.2, 0) is 8.85 Å². The molecule has 18 heavy (non-hydrogen) atoms. The Bertz CT molecular complexity index is 214. The zero-order valence-electron chi connectivity index (χ0n) is 13.5. The van der Waals surface area contributed by atoms with Gasteiger partial charge in [0.1, 0.15) is 8.24 Å². The highest BCUT2D eigenvalue weighted by Crippen LogP contribution is 2.21. The van der Waals surface area contributed by atoms with Crippen LogP contribution in [0.1, 0.15) is 27.2 Å². The second-order valence-electron chi connectivity index (χ2n) is 5.83. The minimum atomic E-state index is -1.91. The molecule has 0 aliphatic carbocycles. The SMILES string of the molecule is CCO[Si](CC)(CCCN(C)[Si](C)(C)C)OCC. The van der Waals surface area contributed by atoms with Crippen molar-refractivity contribution in [1.29, 1.82) is 0 Å². The highest BCUT2D eigenvalue weighted by Gasteiger charge is 2.34. The molecule has 0 radical (unpaired) electrons. The lowest BCUT2D eigenvalue weighted by molar-refractivity contribution is 0.182. The maximum atomic E-state index is 6.00. The molecule has 0 spiro atoms. The Labute approximate surface area is 116 Å². The number of nitrogens with zero attached hydrogens (tertiary/aromatic N) is 1. The summed E-state index contributed by atoms with van der Waals surface area (Å²) in [6.07, 6.45) is 1.20. The van der Waals surface area contributed by atoms with Gasteiger partial charge in [-0.2, -0.15) is 0 Å². The van der Waals surface area contributed by atoms with Crippen LogP contribution in [0.3, 0.4) is 0 Å². The van der Waals surface area contributed by atoms with Gasteiger partial charge >= 0.3 is 8.56 Å². The van der Waals surface area contributed by atoms with Crippen molar-refractivity contribution in [3.05, 3.63) is 0 Å². The molecule has 0 aliphatic heterocycles. The second kappa shape index (κ2) is 8.48. The maximum absolute atomic E-state index is 6.00. The summed E-state index contributed by atoms with van der Waals surface area (Å²) in [5.74, 6) is 0. The summed E-state index contributed by atoms with van der Waals surface area (Å²) in [6, 6.07) is 2.19. The van der Waals surface area contributed by atoms with E-state index in [-0.39, 0.29) is 0 Å². The van der Waals surface area contributed by atoms with E-state index in [9.17, 15) is 0 Å². The highest BCUT2D eigenvalue weighted by molar-refractivity contribution is 6.73. The van der Waals surface area contributed by atoms with Crippen molar-refractivity contribution in [2.45, 2.75) is 58.9 Å². The van der Waals surface area contributed by atoms with E-state index >= 15 is 0 Å². The van der Waals surface area contributed by atoms with Crippen molar-refractivity contribution in [3.63, 3.8) is 0 Å². The first-order valence-electron chi connectivity index (χ1n) is 7.30. The summed E-state index contributed by atoms with van der Waals surface area (Å²) in [5.41, 5.74) is 0. The lowest BCUT2D eigenvalue weighted by Gasteiger charge is -2.33. The van der Waals surface area contributed by atoms with E-state index in [1.165, 1.54) is 13.0 Å². The molecule has 0 saturated heterocycles. The molecule has 0 aromatic heterocycles. The summed E-state index contributed by atoms with van der Waals surface area (Å²) in [7, 11) is -0.791. The van der Waals surface area contributed by atoms with E-state index in [4.69, 9.17) is 8.85 Å². The first-order valence-corrected chi connectivity index (χ1v) is 13.0. The third kappa shape index (κ3) is 6.47. The third-order valence-electron chi connectivity index (χ3n) is 3.55. The number of hydrogen-bond donors (Lipinski definition) is 0. The van der Waals surface area contributed by atoms with Gasteiger partial charge in [0.25, 0.3) is 0 Å². The fourth-order valence-corrected chi connectivity index (χ4v) is 5.73. The topological polar surface area (TPSA) is 21.7 Å². The van der Waals surface area contributed by atoms with Gasteiger partial charge in [0, 0.05) is 13.2 Å². The van der Waals surface area contributed by atoms with Gasteiger partial charge in [-0.15, -0.1) is 0 Å². The van der Waals surface area contributed by atoms with Crippen LogP contribution in [0.25, 0.3) is 0 Å². The molecule has 3 nitrogen and oxygen atoms in total. The standard InChI is InChI=1S/C13H33NO2Si2/c1-8-15-18(10-3,16-9-2)13-11-12-14(4)17(5,6)7/h8-13H2,1-7H3. The predicted molar refractivity (Wildman–Crippen MR) is 84.9 cm³/mol. The quantitative estimate of drug-likeness (QED) is 0.573. The molecule has 0 aliphatic rings. The van der Waals surface area contributed by atoms with Crippen molar-refractivity contribution >= 4 is 16.8 Å². The van der Waals surface area contributed by atoms with Crippen molar-refractivity contribution in [2.75, 3.05) is 26.8 Å². The van der Waals surface area contributed by atoms with Crippen LogP contribution >= 0.6 is 0 Å². The Morgan fingerprint density at radius 2 is 1.44 bits per heavy atom. The Hall–Kier alpha value is 0.314. The second-order valence-corrected chi connectivity index (χ2v) is 14.5. The van der Waals surface area contributed by atoms with Crippen LogP contribution in [-0.4, -0.2) is 48.2 Å². The fourth-order valence-electron chi connectivity index (χ4n) is 2.01. The summed E-state index contributed by atoms with van der Waals surface area (Å²) in [4.78, 5) is 0. The minimum absolute atomic E-state index is 0.782. The summed E-state index contributed by atoms with van der Waals surface area (Å²) < 4.78 is 14.5. The molecule has 0 unspecified atom stereocenters. The monoisotopic (exact) mass is 291 g/mol. The lowest BCUT2D eigenvalue weighted by atomic mass is 10.5. The normalized spacial score (nSPS) is 13.3. The molecule has 0 heterocycles. The minimum Gasteiger partial charge on any atom is -0.394 e. The van der Waals surface area contributed by atoms with Crippen molar-refractivity contribution in [1.82, 2.24) is 4.57 Å². The van der Waals surface area contributed by atoms with Crippen LogP contribution < -0.4 is 0 Å². The van der Waals surface area contributed by atoms with Gasteiger partial charge < -0.3 is 13.4 Å². The molecule has 110 valence electrons. The van der Waals surface area contributed by atoms with Gasteiger partial charge in [-0.25, -0.2) is 0 Å². The van der Waals surface area contributed by atoms with Crippen LogP contribution in [0, 0.1) is 0 Å². The fraction of sp³-hybridized carbons (Fsp3) is 1.00. The number of rotatable bonds is 10. The van der Waals surface area contributed by atoms with Crippen LogP contribution in [0.5, 0.6) is 0 Å². The Kier molecular flexibility index (Phi) is 8.63. The molecule has 0 rings (SSSR count). The maximum Gasteiger partial charge on any atom is 0.337 e. The van der Waals surface area contributed by atoms with Gasteiger partial charge in [-0.3, -0.25) is 0 Å². The van der Waals surface area contributed by atoms with E-state index < -0.39 is 16.8 Å². The van der Waals surface area contributed by atoms with Gasteiger partial charge in [0.05, 0.1) is 0 Å². The molecule has 0 atom stereocenters. The summed E-state index contributed by atoms with van der Waals surface area (Å²) in [5, 5.41) is 0. The molecular formula is C13H33NO2Si2. The molecule has 0 aromatic carbocycles. The van der Waals surface area contributed by atoms with E-state index in [1.807, 2.05) is 0 Å². The molecule has 0 amide bonds. The molecular weight excluding hydrogens is 258 g/mol. The summed E-state index contributed by atoms with van der Waals surface area (Å²) in [6.45, 7) is 16.3. The first kappa shape index (κ1) is 18.3. The van der Waals surface area contributed by atoms with Crippen molar-refractivity contribution in [2.24, 2.45) is 0 Å². The Morgan fingerprint density at radius 1 is 0.944 bits per heavy atom. The van der Waals surface area contributed by atoms with Crippen LogP contribution in [0.4, 0.5) is 0 Å². The predicted octanol–water partition coefficient (Wildman–Crippen LogP) is 3.68. The van der Waals surface area contributed by atoms with Crippen LogP contribution in [0.2, 0.25) is 31.7 Å². The molecule has 0 aromatic rings. The molecule has 5 heteroatoms. The Balaban J connectivity index is 4.26. The lowest BCUT2D eigenvalue weighted by Crippen LogP contribution is -2.45. The van der Waals surface area contributed by atoms with Crippen molar-refractivity contribution in [3.8, 4) is 0 Å². The molecule has 0 bridgehead atoms. The van der Waals surface area contributed by atoms with Crippen molar-refractivity contribution < 1.29 is 8.85 Å². The van der Waals surface area contributed by atoms with Crippen LogP contribution in [0.15, 0.2) is 0 Å². The van der Waals surface area contributed by atoms with E-state index in [0.29, 0.717) is 0 Å². The molecule has 0 fully saturated rings. The average Bonchev–Trinajstić information content (AvgIpc) is 2.28. The van der Waals surface area contributed by atoms with Gasteiger partial charge in [0.2, 0.25) is 0 Å². The zero-order valence-corrected chi connectivity index (χ0v) is 15.5. The van der Waals surface area contributed by atoms with E-state index in [0.717, 1.165) is 25.3 Å². The van der Waals surface area contributed by atoms with Gasteiger partial charge in [-0.05, 0) is 45.9 Å². The van der Waals surface area contributed by atoms with Gasteiger partial charge in [0.15, 0.2) is 0 Å². The first-order chi connectivity index (χ1) is 8.31. The smallest absolute Gasteiger partial charge is 0.337 e. The molecule has 0 N–H and O–H groups in total. The number of hydrogen-bond acceptors (Lipinski definition) is 3. The molecule has 0 saturated carbocycles. The third-order valence-corrected chi connectivity index (χ3v) is 9.89.